The van der Waals surface area contributed by atoms with Crippen molar-refractivity contribution in [1.82, 2.24) is 4.90 Å². The monoisotopic (exact) mass is 291 g/mol. The van der Waals surface area contributed by atoms with E-state index >= 15 is 0 Å². The molecule has 1 atom stereocenters. The van der Waals surface area contributed by atoms with Gasteiger partial charge in [0.05, 0.1) is 5.60 Å². The van der Waals surface area contributed by atoms with Gasteiger partial charge >= 0.3 is 12.3 Å². The first kappa shape index (κ1) is 16.3. The Labute approximate surface area is 114 Å². The van der Waals surface area contributed by atoms with Crippen LogP contribution in [0.3, 0.4) is 0 Å². The first-order valence-corrected chi connectivity index (χ1v) is 5.86. The summed E-state index contributed by atoms with van der Waals surface area (Å²) < 4.78 is 39.2. The van der Waals surface area contributed by atoms with Crippen molar-refractivity contribution < 1.29 is 28.2 Å². The first-order valence-electron chi connectivity index (χ1n) is 5.86. The van der Waals surface area contributed by atoms with Crippen molar-refractivity contribution in [2.24, 2.45) is 0 Å². The molecule has 1 aromatic carbocycles. The van der Waals surface area contributed by atoms with Crippen LogP contribution in [0, 0.1) is 0 Å². The zero-order chi connectivity index (χ0) is 15.6. The molecule has 0 aliphatic rings. The maximum Gasteiger partial charge on any atom is 0.411 e. The minimum absolute atomic E-state index is 0.204. The van der Waals surface area contributed by atoms with E-state index in [4.69, 9.17) is 5.11 Å². The number of aliphatic hydroxyl groups is 1. The summed E-state index contributed by atoms with van der Waals surface area (Å²) in [7, 11) is 0. The Kier molecular flexibility index (Phi) is 4.65. The smallest absolute Gasteiger partial charge is 0.411 e. The number of hydrogen-bond acceptors (Lipinski definition) is 2. The number of carboxylic acid groups (broad SMARTS) is 1. The van der Waals surface area contributed by atoms with Gasteiger partial charge < -0.3 is 10.2 Å². The largest absolute Gasteiger partial charge is 0.465 e. The van der Waals surface area contributed by atoms with Gasteiger partial charge in [0.2, 0.25) is 0 Å². The summed E-state index contributed by atoms with van der Waals surface area (Å²) >= 11 is 0. The molecular weight excluding hydrogens is 275 g/mol. The number of alkyl halides is 3. The third-order valence-electron chi connectivity index (χ3n) is 2.73. The minimum Gasteiger partial charge on any atom is -0.465 e. The molecule has 0 spiro atoms. The lowest BCUT2D eigenvalue weighted by molar-refractivity contribution is -0.221. The number of rotatable bonds is 4. The van der Waals surface area contributed by atoms with Crippen LogP contribution in [0.4, 0.5) is 18.0 Å². The summed E-state index contributed by atoms with van der Waals surface area (Å²) in [5, 5.41) is 18.7. The van der Waals surface area contributed by atoms with Crippen molar-refractivity contribution in [3.05, 3.63) is 35.9 Å². The van der Waals surface area contributed by atoms with Gasteiger partial charge in [-0.3, -0.25) is 4.90 Å². The normalized spacial score (nSPS) is 13.9. The third kappa shape index (κ3) is 4.12. The van der Waals surface area contributed by atoms with E-state index in [1.165, 1.54) is 12.1 Å². The van der Waals surface area contributed by atoms with Gasteiger partial charge in [0.25, 0.3) is 0 Å². The Balaban J connectivity index is 3.13. The highest BCUT2D eigenvalue weighted by Gasteiger charge is 2.53. The van der Waals surface area contributed by atoms with Gasteiger partial charge in [-0.15, -0.1) is 0 Å². The van der Waals surface area contributed by atoms with Crippen molar-refractivity contribution in [2.75, 3.05) is 0 Å². The summed E-state index contributed by atoms with van der Waals surface area (Å²) in [6.07, 6.45) is -6.61. The highest BCUT2D eigenvalue weighted by atomic mass is 19.4. The van der Waals surface area contributed by atoms with Crippen LogP contribution in [-0.2, 0) is 6.54 Å². The maximum atomic E-state index is 13.1. The van der Waals surface area contributed by atoms with E-state index < -0.39 is 30.5 Å². The summed E-state index contributed by atoms with van der Waals surface area (Å²) in [5.74, 6) is 0. The van der Waals surface area contributed by atoms with Gasteiger partial charge in [0, 0.05) is 6.54 Å². The predicted octanol–water partition coefficient (Wildman–Crippen LogP) is 2.87. The van der Waals surface area contributed by atoms with Crippen molar-refractivity contribution in [1.29, 1.82) is 0 Å². The molecule has 0 radical (unpaired) electrons. The van der Waals surface area contributed by atoms with Crippen LogP contribution in [0.25, 0.3) is 0 Å². The van der Waals surface area contributed by atoms with Crippen LogP contribution < -0.4 is 0 Å². The molecule has 1 amide bonds. The molecule has 1 unspecified atom stereocenters. The molecule has 112 valence electrons. The van der Waals surface area contributed by atoms with Crippen LogP contribution in [0.15, 0.2) is 30.3 Å². The molecule has 0 aliphatic carbocycles. The van der Waals surface area contributed by atoms with Crippen molar-refractivity contribution in [2.45, 2.75) is 38.2 Å². The third-order valence-corrected chi connectivity index (χ3v) is 2.73. The van der Waals surface area contributed by atoms with E-state index in [1.54, 1.807) is 18.2 Å². The lowest BCUT2D eigenvalue weighted by Gasteiger charge is -2.38. The van der Waals surface area contributed by atoms with Gasteiger partial charge in [-0.05, 0) is 19.4 Å². The molecule has 0 saturated carbocycles. The lowest BCUT2D eigenvalue weighted by atomic mass is 9.96. The Morgan fingerprint density at radius 1 is 1.25 bits per heavy atom. The molecule has 2 N–H and O–H groups in total. The number of benzene rings is 1. The van der Waals surface area contributed by atoms with E-state index in [0.29, 0.717) is 5.56 Å². The second-order valence-corrected chi connectivity index (χ2v) is 4.99. The Hall–Kier alpha value is -1.76. The number of halogens is 3. The second-order valence-electron chi connectivity index (χ2n) is 4.99. The van der Waals surface area contributed by atoms with Gasteiger partial charge in [-0.2, -0.15) is 13.2 Å². The second kappa shape index (κ2) is 5.70. The van der Waals surface area contributed by atoms with Crippen LogP contribution >= 0.6 is 0 Å². The molecule has 7 heteroatoms. The summed E-state index contributed by atoms with van der Waals surface area (Å²) in [5.41, 5.74) is -1.83. The predicted molar refractivity (Wildman–Crippen MR) is 66.2 cm³/mol. The average molecular weight is 291 g/mol. The number of nitrogens with zero attached hydrogens (tertiary/aromatic N) is 1. The molecule has 1 rings (SSSR count). The van der Waals surface area contributed by atoms with Gasteiger partial charge in [-0.1, -0.05) is 30.3 Å². The zero-order valence-corrected chi connectivity index (χ0v) is 11.1. The van der Waals surface area contributed by atoms with Crippen molar-refractivity contribution in [3.8, 4) is 0 Å². The van der Waals surface area contributed by atoms with Gasteiger partial charge in [-0.25, -0.2) is 4.79 Å². The summed E-state index contributed by atoms with van der Waals surface area (Å²) in [4.78, 5) is 11.4. The maximum absolute atomic E-state index is 13.1. The van der Waals surface area contributed by atoms with E-state index in [0.717, 1.165) is 13.8 Å². The van der Waals surface area contributed by atoms with E-state index in [2.05, 4.69) is 0 Å². The molecule has 4 nitrogen and oxygen atoms in total. The van der Waals surface area contributed by atoms with Crippen molar-refractivity contribution in [3.63, 3.8) is 0 Å². The summed E-state index contributed by atoms with van der Waals surface area (Å²) in [6.45, 7) is 1.42. The molecule has 0 bridgehead atoms. The van der Waals surface area contributed by atoms with Gasteiger partial charge in [0.15, 0.2) is 6.04 Å². The molecule has 1 aromatic rings. The topological polar surface area (TPSA) is 60.8 Å². The van der Waals surface area contributed by atoms with Crippen molar-refractivity contribution >= 4 is 6.09 Å². The number of hydrogen-bond donors (Lipinski definition) is 2. The fourth-order valence-corrected chi connectivity index (χ4v) is 2.01. The standard InChI is InChI=1S/C13H16F3NO3/c1-12(2,20)10(13(14,15)16)17(11(18)19)8-9-6-4-3-5-7-9/h3-7,10,20H,8H2,1-2H3,(H,18,19). The lowest BCUT2D eigenvalue weighted by Crippen LogP contribution is -2.58. The van der Waals surface area contributed by atoms with E-state index in [-0.39, 0.29) is 4.90 Å². The molecule has 20 heavy (non-hydrogen) atoms. The number of carbonyl (C=O) groups is 1. The molecular formula is C13H16F3NO3. The van der Waals surface area contributed by atoms with Crippen LogP contribution in [0.2, 0.25) is 0 Å². The fourth-order valence-electron chi connectivity index (χ4n) is 2.01. The van der Waals surface area contributed by atoms with Crippen LogP contribution in [0.5, 0.6) is 0 Å². The Morgan fingerprint density at radius 2 is 1.75 bits per heavy atom. The minimum atomic E-state index is -4.87. The van der Waals surface area contributed by atoms with Crippen LogP contribution in [0.1, 0.15) is 19.4 Å². The SMILES string of the molecule is CC(C)(O)C(N(Cc1ccccc1)C(=O)O)C(F)(F)F. The zero-order valence-electron chi connectivity index (χ0n) is 11.1. The average Bonchev–Trinajstić information content (AvgIpc) is 2.25. The Bertz CT molecular complexity index is 440. The number of amides is 1. The van der Waals surface area contributed by atoms with E-state index in [1.807, 2.05) is 0 Å². The first-order chi connectivity index (χ1) is 9.03. The molecule has 0 aromatic heterocycles. The molecule has 0 saturated heterocycles. The van der Waals surface area contributed by atoms with Gasteiger partial charge in [0.1, 0.15) is 0 Å². The van der Waals surface area contributed by atoms with E-state index in [9.17, 15) is 23.1 Å². The highest BCUT2D eigenvalue weighted by molar-refractivity contribution is 5.66. The Morgan fingerprint density at radius 3 is 2.10 bits per heavy atom. The fraction of sp³-hybridized carbons (Fsp3) is 0.462. The molecule has 0 heterocycles. The van der Waals surface area contributed by atoms with Crippen LogP contribution in [-0.4, -0.2) is 39.0 Å². The quantitative estimate of drug-likeness (QED) is 0.896. The molecule has 0 fully saturated rings. The molecule has 0 aliphatic heterocycles. The highest BCUT2D eigenvalue weighted by Crippen LogP contribution is 2.33. The summed E-state index contributed by atoms with van der Waals surface area (Å²) in [6, 6.07) is 5.41.